The van der Waals surface area contributed by atoms with Gasteiger partial charge in [-0.15, -0.1) is 10.2 Å². The minimum Gasteiger partial charge on any atom is -0.482 e. The van der Waals surface area contributed by atoms with Gasteiger partial charge in [-0.25, -0.2) is 0 Å². The number of carbonyl (C=O) groups is 2. The highest BCUT2D eigenvalue weighted by molar-refractivity contribution is 6.02. The van der Waals surface area contributed by atoms with Crippen LogP contribution in [0.5, 0.6) is 5.75 Å². The summed E-state index contributed by atoms with van der Waals surface area (Å²) in [6, 6.07) is 7.20. The molecule has 1 aromatic heterocycles. The molecule has 0 saturated carbocycles. The second kappa shape index (κ2) is 5.95. The van der Waals surface area contributed by atoms with Crippen molar-refractivity contribution in [2.45, 2.75) is 25.9 Å². The third-order valence-electron chi connectivity index (χ3n) is 4.24. The molecule has 124 valence electrons. The lowest BCUT2D eigenvalue weighted by molar-refractivity contribution is -0.125. The number of hydrogen-bond donors (Lipinski definition) is 1. The predicted octanol–water partition coefficient (Wildman–Crippen LogP) is 0.266. The van der Waals surface area contributed by atoms with Gasteiger partial charge in [-0.2, -0.15) is 0 Å². The second-order valence-corrected chi connectivity index (χ2v) is 5.80. The molecule has 8 nitrogen and oxygen atoms in total. The van der Waals surface area contributed by atoms with E-state index in [0.717, 1.165) is 31.0 Å². The molecule has 0 bridgehead atoms. The molecule has 0 atom stereocenters. The number of fused-ring (bicyclic) bond motifs is 2. The Morgan fingerprint density at radius 3 is 3.08 bits per heavy atom. The summed E-state index contributed by atoms with van der Waals surface area (Å²) in [5.41, 5.74) is 0.618. The van der Waals surface area contributed by atoms with E-state index < -0.39 is 0 Å². The number of nitrogens with one attached hydrogen (secondary N) is 1. The molecule has 0 fully saturated rings. The summed E-state index contributed by atoms with van der Waals surface area (Å²) < 4.78 is 7.41. The van der Waals surface area contributed by atoms with Crippen LogP contribution < -0.4 is 15.0 Å². The number of benzene rings is 1. The zero-order valence-electron chi connectivity index (χ0n) is 13.1. The number of ether oxygens (including phenoxy) is 1. The SMILES string of the molecule is O=C(CN1C(=O)COc2ccccc21)NCc1nnc2n1CCC2. The summed E-state index contributed by atoms with van der Waals surface area (Å²) in [5.74, 6) is 1.86. The standard InChI is InChI=1S/C16H17N5O3/c22-15(17-8-14-19-18-13-6-3-7-20(13)14)9-21-11-4-1-2-5-12(11)24-10-16(21)23/h1-2,4-5H,3,6-10H2,(H,17,22). The average Bonchev–Trinajstić information content (AvgIpc) is 3.19. The highest BCUT2D eigenvalue weighted by Gasteiger charge is 2.27. The zero-order valence-corrected chi connectivity index (χ0v) is 13.1. The zero-order chi connectivity index (χ0) is 16.5. The van der Waals surface area contributed by atoms with E-state index in [1.807, 2.05) is 16.7 Å². The van der Waals surface area contributed by atoms with Crippen LogP contribution in [-0.4, -0.2) is 39.7 Å². The minimum absolute atomic E-state index is 0.0415. The molecule has 0 aliphatic carbocycles. The first-order valence-corrected chi connectivity index (χ1v) is 7.92. The maximum Gasteiger partial charge on any atom is 0.265 e. The van der Waals surface area contributed by atoms with E-state index in [0.29, 0.717) is 18.0 Å². The van der Waals surface area contributed by atoms with Crippen LogP contribution in [0, 0.1) is 0 Å². The Morgan fingerprint density at radius 1 is 1.29 bits per heavy atom. The molecule has 0 saturated heterocycles. The summed E-state index contributed by atoms with van der Waals surface area (Å²) in [6.45, 7) is 1.11. The summed E-state index contributed by atoms with van der Waals surface area (Å²) in [6.07, 6.45) is 1.99. The Balaban J connectivity index is 1.42. The molecule has 2 amide bonds. The monoisotopic (exact) mass is 327 g/mol. The highest BCUT2D eigenvalue weighted by Crippen LogP contribution is 2.31. The first kappa shape index (κ1) is 14.7. The molecular formula is C16H17N5O3. The number of nitrogens with zero attached hydrogens (tertiary/aromatic N) is 4. The predicted molar refractivity (Wildman–Crippen MR) is 84.5 cm³/mol. The number of para-hydroxylation sites is 2. The van der Waals surface area contributed by atoms with Crippen LogP contribution in [0.3, 0.4) is 0 Å². The fraction of sp³-hybridized carbons (Fsp3) is 0.375. The van der Waals surface area contributed by atoms with Crippen molar-refractivity contribution in [3.63, 3.8) is 0 Å². The van der Waals surface area contributed by atoms with Gasteiger partial charge in [0.05, 0.1) is 12.2 Å². The first-order valence-electron chi connectivity index (χ1n) is 7.92. The molecule has 0 spiro atoms. The molecule has 0 radical (unpaired) electrons. The van der Waals surface area contributed by atoms with Gasteiger partial charge in [0.25, 0.3) is 5.91 Å². The van der Waals surface area contributed by atoms with Gasteiger partial charge in [0, 0.05) is 13.0 Å². The Bertz CT molecular complexity index is 801. The lowest BCUT2D eigenvalue weighted by Crippen LogP contribution is -2.45. The van der Waals surface area contributed by atoms with Gasteiger partial charge in [0.15, 0.2) is 12.4 Å². The number of hydrogen-bond acceptors (Lipinski definition) is 5. The van der Waals surface area contributed by atoms with Gasteiger partial charge in [0.2, 0.25) is 5.91 Å². The Kier molecular flexibility index (Phi) is 3.64. The van der Waals surface area contributed by atoms with Gasteiger partial charge in [-0.3, -0.25) is 14.5 Å². The third-order valence-corrected chi connectivity index (χ3v) is 4.24. The molecule has 24 heavy (non-hydrogen) atoms. The Hall–Kier alpha value is -2.90. The molecule has 0 unspecified atom stereocenters. The molecule has 4 rings (SSSR count). The van der Waals surface area contributed by atoms with Crippen molar-refractivity contribution in [2.75, 3.05) is 18.1 Å². The van der Waals surface area contributed by atoms with Crippen LogP contribution >= 0.6 is 0 Å². The van der Waals surface area contributed by atoms with Crippen molar-refractivity contribution in [3.8, 4) is 5.75 Å². The fourth-order valence-corrected chi connectivity index (χ4v) is 3.05. The number of rotatable bonds is 4. The largest absolute Gasteiger partial charge is 0.482 e. The van der Waals surface area contributed by atoms with Gasteiger partial charge in [-0.05, 0) is 18.6 Å². The van der Waals surface area contributed by atoms with E-state index in [2.05, 4.69) is 15.5 Å². The van der Waals surface area contributed by atoms with Crippen LogP contribution in [0.2, 0.25) is 0 Å². The Morgan fingerprint density at radius 2 is 2.17 bits per heavy atom. The summed E-state index contributed by atoms with van der Waals surface area (Å²) in [5, 5.41) is 11.0. The first-order chi connectivity index (χ1) is 11.7. The third kappa shape index (κ3) is 2.60. The van der Waals surface area contributed by atoms with Crippen molar-refractivity contribution in [1.82, 2.24) is 20.1 Å². The van der Waals surface area contributed by atoms with Crippen molar-refractivity contribution in [1.29, 1.82) is 0 Å². The van der Waals surface area contributed by atoms with Crippen LogP contribution in [0.25, 0.3) is 0 Å². The maximum absolute atomic E-state index is 12.3. The molecule has 1 aromatic carbocycles. The Labute approximate surface area is 138 Å². The smallest absolute Gasteiger partial charge is 0.265 e. The van der Waals surface area contributed by atoms with Crippen molar-refractivity contribution in [3.05, 3.63) is 35.9 Å². The topological polar surface area (TPSA) is 89.3 Å². The number of aryl methyl sites for hydroxylation is 1. The molecular weight excluding hydrogens is 310 g/mol. The van der Waals surface area contributed by atoms with Gasteiger partial charge < -0.3 is 14.6 Å². The molecule has 3 heterocycles. The summed E-state index contributed by atoms with van der Waals surface area (Å²) >= 11 is 0. The summed E-state index contributed by atoms with van der Waals surface area (Å²) in [4.78, 5) is 25.8. The molecule has 8 heteroatoms. The van der Waals surface area contributed by atoms with E-state index in [4.69, 9.17) is 4.74 Å². The van der Waals surface area contributed by atoms with Crippen LogP contribution in [0.4, 0.5) is 5.69 Å². The van der Waals surface area contributed by atoms with E-state index in [-0.39, 0.29) is 25.0 Å². The number of amides is 2. The molecule has 1 N–H and O–H groups in total. The van der Waals surface area contributed by atoms with E-state index in [1.165, 1.54) is 4.90 Å². The van der Waals surface area contributed by atoms with Crippen molar-refractivity contribution >= 4 is 17.5 Å². The van der Waals surface area contributed by atoms with Crippen LogP contribution in [0.15, 0.2) is 24.3 Å². The lowest BCUT2D eigenvalue weighted by atomic mass is 10.2. The molecule has 2 aliphatic heterocycles. The van der Waals surface area contributed by atoms with Gasteiger partial charge in [0.1, 0.15) is 18.1 Å². The summed E-state index contributed by atoms with van der Waals surface area (Å²) in [7, 11) is 0. The van der Waals surface area contributed by atoms with Gasteiger partial charge in [-0.1, -0.05) is 12.1 Å². The number of aromatic nitrogens is 3. The lowest BCUT2D eigenvalue weighted by Gasteiger charge is -2.28. The minimum atomic E-state index is -0.240. The normalized spacial score (nSPS) is 15.7. The van der Waals surface area contributed by atoms with Crippen molar-refractivity contribution in [2.24, 2.45) is 0 Å². The number of anilines is 1. The van der Waals surface area contributed by atoms with E-state index in [9.17, 15) is 9.59 Å². The number of carbonyl (C=O) groups excluding carboxylic acids is 2. The van der Waals surface area contributed by atoms with E-state index in [1.54, 1.807) is 12.1 Å². The van der Waals surface area contributed by atoms with E-state index >= 15 is 0 Å². The molecule has 2 aromatic rings. The molecule has 2 aliphatic rings. The fourth-order valence-electron chi connectivity index (χ4n) is 3.05. The van der Waals surface area contributed by atoms with Gasteiger partial charge >= 0.3 is 0 Å². The van der Waals surface area contributed by atoms with Crippen molar-refractivity contribution < 1.29 is 14.3 Å². The second-order valence-electron chi connectivity index (χ2n) is 5.80. The average molecular weight is 327 g/mol. The van der Waals surface area contributed by atoms with Crippen LogP contribution in [0.1, 0.15) is 18.1 Å². The quantitative estimate of drug-likeness (QED) is 0.870. The highest BCUT2D eigenvalue weighted by atomic mass is 16.5. The van der Waals surface area contributed by atoms with Crippen LogP contribution in [-0.2, 0) is 29.1 Å². The maximum atomic E-state index is 12.3.